The van der Waals surface area contributed by atoms with Crippen molar-refractivity contribution in [2.45, 2.75) is 83.0 Å². The van der Waals surface area contributed by atoms with E-state index in [1.165, 1.54) is 0 Å². The summed E-state index contributed by atoms with van der Waals surface area (Å²) in [6.07, 6.45) is 3.19. The maximum Gasteiger partial charge on any atom is 0.356 e. The van der Waals surface area contributed by atoms with Gasteiger partial charge in [0.25, 0.3) is 0 Å². The van der Waals surface area contributed by atoms with Crippen molar-refractivity contribution in [1.29, 1.82) is 0 Å². The van der Waals surface area contributed by atoms with Crippen molar-refractivity contribution in [3.05, 3.63) is 35.8 Å². The van der Waals surface area contributed by atoms with Crippen LogP contribution in [0.1, 0.15) is 33.3 Å². The third-order valence-electron chi connectivity index (χ3n) is 6.79. The van der Waals surface area contributed by atoms with Gasteiger partial charge in [-0.3, -0.25) is 14.7 Å². The van der Waals surface area contributed by atoms with Gasteiger partial charge in [0.2, 0.25) is 5.91 Å². The number of hydrogen-bond acceptors (Lipinski definition) is 6. The molecule has 0 aliphatic carbocycles. The zero-order valence-corrected chi connectivity index (χ0v) is 24.2. The Morgan fingerprint density at radius 1 is 1.18 bits per heavy atom. The highest BCUT2D eigenvalue weighted by Gasteiger charge is 2.59. The molecule has 0 spiro atoms. The van der Waals surface area contributed by atoms with Crippen LogP contribution in [0, 0.1) is 5.92 Å². The van der Waals surface area contributed by atoms with E-state index in [0.717, 1.165) is 16.5 Å². The highest BCUT2D eigenvalue weighted by Crippen LogP contribution is 2.54. The van der Waals surface area contributed by atoms with Gasteiger partial charge in [0.15, 0.2) is 8.32 Å². The molecule has 1 aromatic rings. The number of fused-ring (bicyclic) bond motifs is 1. The van der Waals surface area contributed by atoms with E-state index in [1.807, 2.05) is 19.1 Å². The number of thioether (sulfide) groups is 1. The smallest absolute Gasteiger partial charge is 0.356 e. The highest BCUT2D eigenvalue weighted by molar-refractivity contribution is 8.09. The van der Waals surface area contributed by atoms with Crippen molar-refractivity contribution in [2.24, 2.45) is 5.92 Å². The molecule has 2 aliphatic rings. The van der Waals surface area contributed by atoms with Crippen LogP contribution in [0.3, 0.4) is 0 Å². The summed E-state index contributed by atoms with van der Waals surface area (Å²) in [7, 11) is -3.37. The Bertz CT molecular complexity index is 938. The standard InChI is InChI=1S/C24H38N2O4SSi2/c1-16(30-33(8,9)24(2,3)4)18-21(27)26-19(23(28)29-14-15-32(5,6)7)20(31-22(18)26)17-10-12-25-13-11-17/h10-13,16,18,22H,14-15H2,1-9H3/t16-,18+,22-/m1/s1. The van der Waals surface area contributed by atoms with Crippen LogP contribution in [0.5, 0.6) is 0 Å². The Kier molecular flexibility index (Phi) is 7.39. The second-order valence-corrected chi connectivity index (χ2v) is 23.2. The molecule has 3 heterocycles. The Labute approximate surface area is 204 Å². The molecular weight excluding hydrogens is 469 g/mol. The molecule has 9 heteroatoms. The molecule has 0 aromatic carbocycles. The van der Waals surface area contributed by atoms with Crippen molar-refractivity contribution in [1.82, 2.24) is 9.88 Å². The lowest BCUT2D eigenvalue weighted by Crippen LogP contribution is -2.62. The van der Waals surface area contributed by atoms with Crippen molar-refractivity contribution in [2.75, 3.05) is 6.61 Å². The quantitative estimate of drug-likeness (QED) is 0.261. The van der Waals surface area contributed by atoms with Gasteiger partial charge in [0, 0.05) is 25.4 Å². The zero-order valence-electron chi connectivity index (χ0n) is 21.4. The van der Waals surface area contributed by atoms with Crippen LogP contribution in [-0.2, 0) is 18.8 Å². The minimum absolute atomic E-state index is 0.0556. The number of nitrogens with zero attached hydrogens (tertiary/aromatic N) is 2. The van der Waals surface area contributed by atoms with Crippen molar-refractivity contribution in [3.63, 3.8) is 0 Å². The lowest BCUT2D eigenvalue weighted by Gasteiger charge is -2.48. The number of hydrogen-bond donors (Lipinski definition) is 0. The second-order valence-electron chi connectivity index (χ2n) is 11.7. The molecule has 1 amide bonds. The van der Waals surface area contributed by atoms with Crippen LogP contribution < -0.4 is 0 Å². The normalized spacial score (nSPS) is 22.2. The molecule has 0 bridgehead atoms. The van der Waals surface area contributed by atoms with E-state index >= 15 is 0 Å². The summed E-state index contributed by atoms with van der Waals surface area (Å²) in [6.45, 7) is 20.1. The van der Waals surface area contributed by atoms with Crippen LogP contribution in [0.4, 0.5) is 0 Å². The van der Waals surface area contributed by atoms with E-state index in [1.54, 1.807) is 29.1 Å². The first-order chi connectivity index (χ1) is 15.1. The average Bonchev–Trinajstić information content (AvgIpc) is 3.01. The van der Waals surface area contributed by atoms with E-state index in [0.29, 0.717) is 12.3 Å². The van der Waals surface area contributed by atoms with Crippen molar-refractivity contribution >= 4 is 44.9 Å². The molecule has 0 unspecified atom stereocenters. The summed E-state index contributed by atoms with van der Waals surface area (Å²) in [4.78, 5) is 33.0. The summed E-state index contributed by atoms with van der Waals surface area (Å²) >= 11 is 1.56. The molecule has 1 fully saturated rings. The molecule has 0 saturated carbocycles. The van der Waals surface area contributed by atoms with Gasteiger partial charge in [-0.05, 0) is 48.8 Å². The second kappa shape index (κ2) is 9.32. The Balaban J connectivity index is 1.83. The number of pyridine rings is 1. The molecule has 6 nitrogen and oxygen atoms in total. The molecular formula is C24H38N2O4SSi2. The third kappa shape index (κ3) is 5.47. The van der Waals surface area contributed by atoms with Crippen LogP contribution in [0.25, 0.3) is 4.91 Å². The molecule has 2 aliphatic heterocycles. The zero-order chi connectivity index (χ0) is 24.8. The first-order valence-electron chi connectivity index (χ1n) is 11.6. The first kappa shape index (κ1) is 26.2. The molecule has 182 valence electrons. The number of aromatic nitrogens is 1. The van der Waals surface area contributed by atoms with Gasteiger partial charge in [0.05, 0.1) is 18.6 Å². The summed E-state index contributed by atoms with van der Waals surface area (Å²) in [5.41, 5.74) is 1.25. The molecule has 0 N–H and O–H groups in total. The van der Waals surface area contributed by atoms with Crippen LogP contribution in [0.15, 0.2) is 30.2 Å². The summed E-state index contributed by atoms with van der Waals surface area (Å²) < 4.78 is 12.2. The SMILES string of the molecule is C[C@@H](O[Si](C)(C)C(C)(C)C)[C@H]1C(=O)N2C(C(=O)OCC[Si](C)(C)C)=C(c3ccncc3)S[C@H]12. The fraction of sp³-hybridized carbons (Fsp3) is 0.625. The Morgan fingerprint density at radius 2 is 1.79 bits per heavy atom. The predicted octanol–water partition coefficient (Wildman–Crippen LogP) is 5.57. The van der Waals surface area contributed by atoms with E-state index in [9.17, 15) is 9.59 Å². The largest absolute Gasteiger partial charge is 0.461 e. The van der Waals surface area contributed by atoms with Gasteiger partial charge in [-0.2, -0.15) is 0 Å². The van der Waals surface area contributed by atoms with Gasteiger partial charge in [-0.25, -0.2) is 4.79 Å². The lowest BCUT2D eigenvalue weighted by molar-refractivity contribution is -0.157. The topological polar surface area (TPSA) is 68.7 Å². The fourth-order valence-corrected chi connectivity index (χ4v) is 7.45. The summed E-state index contributed by atoms with van der Waals surface area (Å²) in [6, 6.07) is 4.64. The average molecular weight is 507 g/mol. The van der Waals surface area contributed by atoms with Gasteiger partial charge in [-0.1, -0.05) is 52.2 Å². The van der Waals surface area contributed by atoms with Crippen LogP contribution >= 0.6 is 11.8 Å². The van der Waals surface area contributed by atoms with Crippen molar-refractivity contribution in [3.8, 4) is 0 Å². The number of esters is 1. The molecule has 1 saturated heterocycles. The molecule has 1 aromatic heterocycles. The monoisotopic (exact) mass is 506 g/mol. The van der Waals surface area contributed by atoms with E-state index in [-0.39, 0.29) is 28.3 Å². The predicted molar refractivity (Wildman–Crippen MR) is 140 cm³/mol. The number of amides is 1. The van der Waals surface area contributed by atoms with Gasteiger partial charge in [-0.15, -0.1) is 0 Å². The maximum absolute atomic E-state index is 13.3. The number of rotatable bonds is 8. The van der Waals surface area contributed by atoms with Crippen molar-refractivity contribution < 1.29 is 18.8 Å². The van der Waals surface area contributed by atoms with E-state index in [2.05, 4.69) is 58.5 Å². The number of carbonyl (C=O) groups excluding carboxylic acids is 2. The summed E-state index contributed by atoms with van der Waals surface area (Å²) in [5, 5.41) is -0.0949. The number of ether oxygens (including phenoxy) is 1. The van der Waals surface area contributed by atoms with Crippen LogP contribution in [-0.4, -0.2) is 56.2 Å². The van der Waals surface area contributed by atoms with Crippen LogP contribution in [0.2, 0.25) is 43.8 Å². The Morgan fingerprint density at radius 3 is 2.33 bits per heavy atom. The van der Waals surface area contributed by atoms with Gasteiger partial charge >= 0.3 is 5.97 Å². The van der Waals surface area contributed by atoms with E-state index in [4.69, 9.17) is 9.16 Å². The molecule has 3 rings (SSSR count). The van der Waals surface area contributed by atoms with E-state index < -0.39 is 22.4 Å². The highest BCUT2D eigenvalue weighted by atomic mass is 32.2. The minimum atomic E-state index is -2.03. The molecule has 3 atom stereocenters. The van der Waals surface area contributed by atoms with Gasteiger partial charge < -0.3 is 9.16 Å². The third-order valence-corrected chi connectivity index (χ3v) is 14.5. The number of carbonyl (C=O) groups is 2. The molecule has 0 radical (unpaired) electrons. The minimum Gasteiger partial charge on any atom is -0.461 e. The molecule has 33 heavy (non-hydrogen) atoms. The number of β-lactam (4-membered cyclic amide) rings is 1. The maximum atomic E-state index is 13.3. The fourth-order valence-electron chi connectivity index (χ4n) is 3.70. The van der Waals surface area contributed by atoms with Gasteiger partial charge in [0.1, 0.15) is 11.1 Å². The summed E-state index contributed by atoms with van der Waals surface area (Å²) in [5.74, 6) is -0.756. The Hall–Kier alpha value is -1.43. The lowest BCUT2D eigenvalue weighted by atomic mass is 9.92. The first-order valence-corrected chi connectivity index (χ1v) is 19.1.